The van der Waals surface area contributed by atoms with Crippen LogP contribution in [0.4, 0.5) is 10.5 Å². The maximum Gasteiger partial charge on any atom is 0.337 e. The van der Waals surface area contributed by atoms with Crippen molar-refractivity contribution in [2.75, 3.05) is 5.32 Å². The van der Waals surface area contributed by atoms with Crippen LogP contribution in [-0.2, 0) is 0 Å². The number of hydrazine groups is 1. The molecule has 0 radical (unpaired) electrons. The maximum absolute atomic E-state index is 12.1. The molecule has 4 N–H and O–H groups in total. The van der Waals surface area contributed by atoms with Crippen LogP contribution in [0, 0.1) is 0 Å². The van der Waals surface area contributed by atoms with Crippen LogP contribution >= 0.6 is 23.2 Å². The minimum Gasteiger partial charge on any atom is -0.305 e. The number of rotatable bonds is 3. The zero-order valence-corrected chi connectivity index (χ0v) is 14.7. The number of aromatic nitrogens is 2. The molecule has 0 bridgehead atoms. The van der Waals surface area contributed by atoms with Crippen LogP contribution in [0.25, 0.3) is 11.3 Å². The van der Waals surface area contributed by atoms with Gasteiger partial charge in [0.05, 0.1) is 16.4 Å². The first kappa shape index (κ1) is 17.8. The lowest BCUT2D eigenvalue weighted by Crippen LogP contribution is -2.44. The molecule has 3 aromatic rings. The quantitative estimate of drug-likeness (QED) is 0.511. The van der Waals surface area contributed by atoms with Crippen molar-refractivity contribution in [1.82, 2.24) is 21.0 Å². The van der Waals surface area contributed by atoms with Crippen molar-refractivity contribution >= 4 is 40.8 Å². The number of urea groups is 1. The van der Waals surface area contributed by atoms with E-state index >= 15 is 0 Å². The summed E-state index contributed by atoms with van der Waals surface area (Å²) in [7, 11) is 0. The van der Waals surface area contributed by atoms with E-state index in [2.05, 4.69) is 26.4 Å². The molecule has 1 aromatic heterocycles. The number of benzene rings is 2. The Bertz CT molecular complexity index is 943. The van der Waals surface area contributed by atoms with Gasteiger partial charge in [0.2, 0.25) is 0 Å². The van der Waals surface area contributed by atoms with Crippen molar-refractivity contribution in [3.63, 3.8) is 0 Å². The number of anilines is 1. The van der Waals surface area contributed by atoms with E-state index in [1.165, 1.54) is 6.07 Å². The molecule has 0 unspecified atom stereocenters. The Kier molecular flexibility index (Phi) is 5.40. The lowest BCUT2D eigenvalue weighted by Gasteiger charge is -2.09. The van der Waals surface area contributed by atoms with Crippen molar-refractivity contribution < 1.29 is 9.59 Å². The molecule has 2 aromatic carbocycles. The van der Waals surface area contributed by atoms with Gasteiger partial charge in [0.25, 0.3) is 5.91 Å². The van der Waals surface area contributed by atoms with Gasteiger partial charge in [-0.3, -0.25) is 15.3 Å². The van der Waals surface area contributed by atoms with Gasteiger partial charge in [-0.2, -0.15) is 5.10 Å². The molecule has 7 nitrogen and oxygen atoms in total. The van der Waals surface area contributed by atoms with E-state index in [9.17, 15) is 9.59 Å². The third kappa shape index (κ3) is 4.33. The van der Waals surface area contributed by atoms with Gasteiger partial charge >= 0.3 is 6.03 Å². The average molecular weight is 390 g/mol. The third-order valence-electron chi connectivity index (χ3n) is 3.36. The highest BCUT2D eigenvalue weighted by molar-refractivity contribution is 6.36. The lowest BCUT2D eigenvalue weighted by molar-refractivity contribution is 0.0933. The molecule has 0 aliphatic heterocycles. The number of nitrogens with one attached hydrogen (secondary N) is 4. The lowest BCUT2D eigenvalue weighted by atomic mass is 10.1. The van der Waals surface area contributed by atoms with E-state index in [-0.39, 0.29) is 10.7 Å². The summed E-state index contributed by atoms with van der Waals surface area (Å²) in [6, 6.07) is 14.9. The van der Waals surface area contributed by atoms with Crippen LogP contribution in [0.15, 0.2) is 54.6 Å². The number of hydrogen-bond donors (Lipinski definition) is 4. The molecule has 9 heteroatoms. The van der Waals surface area contributed by atoms with Crippen LogP contribution in [0.5, 0.6) is 0 Å². The Labute approximate surface area is 158 Å². The number of H-pyrrole nitrogens is 1. The molecule has 1 heterocycles. The van der Waals surface area contributed by atoms with Crippen LogP contribution in [0.2, 0.25) is 10.0 Å². The predicted octanol–water partition coefficient (Wildman–Crippen LogP) is 3.85. The highest BCUT2D eigenvalue weighted by Crippen LogP contribution is 2.25. The van der Waals surface area contributed by atoms with Crippen LogP contribution in [0.1, 0.15) is 10.5 Å². The van der Waals surface area contributed by atoms with Crippen molar-refractivity contribution in [3.8, 4) is 11.3 Å². The molecule has 0 saturated carbocycles. The number of aromatic amines is 1. The normalized spacial score (nSPS) is 10.2. The van der Waals surface area contributed by atoms with Crippen LogP contribution < -0.4 is 16.2 Å². The minimum absolute atomic E-state index is 0.202. The zero-order chi connectivity index (χ0) is 18.5. The monoisotopic (exact) mass is 389 g/mol. The Balaban J connectivity index is 1.57. The second-order valence-electron chi connectivity index (χ2n) is 5.19. The first-order chi connectivity index (χ1) is 12.5. The molecule has 26 heavy (non-hydrogen) atoms. The molecule has 0 aliphatic rings. The fourth-order valence-corrected chi connectivity index (χ4v) is 2.58. The number of amides is 3. The van der Waals surface area contributed by atoms with Gasteiger partial charge < -0.3 is 5.32 Å². The van der Waals surface area contributed by atoms with Gasteiger partial charge in [0, 0.05) is 10.6 Å². The Morgan fingerprint density at radius 2 is 1.73 bits per heavy atom. The number of nitrogens with zero attached hydrogens (tertiary/aromatic N) is 1. The average Bonchev–Trinajstić information content (AvgIpc) is 3.13. The third-order valence-corrected chi connectivity index (χ3v) is 3.91. The zero-order valence-electron chi connectivity index (χ0n) is 13.2. The van der Waals surface area contributed by atoms with Gasteiger partial charge in [-0.25, -0.2) is 10.2 Å². The van der Waals surface area contributed by atoms with Gasteiger partial charge in [-0.05, 0) is 24.3 Å². The Morgan fingerprint density at radius 1 is 0.962 bits per heavy atom. The first-order valence-electron chi connectivity index (χ1n) is 7.46. The van der Waals surface area contributed by atoms with E-state index in [0.717, 1.165) is 5.56 Å². The SMILES string of the molecule is O=C(NNC(=O)c1cc(-c2ccccc2)n[nH]1)Nc1ccc(Cl)cc1Cl. The van der Waals surface area contributed by atoms with E-state index in [4.69, 9.17) is 23.2 Å². The first-order valence-corrected chi connectivity index (χ1v) is 8.22. The number of carbonyl (C=O) groups excluding carboxylic acids is 2. The smallest absolute Gasteiger partial charge is 0.305 e. The Morgan fingerprint density at radius 3 is 2.46 bits per heavy atom. The molecule has 132 valence electrons. The molecule has 3 rings (SSSR count). The summed E-state index contributed by atoms with van der Waals surface area (Å²) in [5.74, 6) is -0.544. The van der Waals surface area contributed by atoms with Gasteiger partial charge in [-0.1, -0.05) is 53.5 Å². The predicted molar refractivity (Wildman–Crippen MR) is 100 cm³/mol. The fraction of sp³-hybridized carbons (Fsp3) is 0. The number of hydrogen-bond acceptors (Lipinski definition) is 3. The summed E-state index contributed by atoms with van der Waals surface area (Å²) in [5, 5.41) is 9.92. The number of carbonyl (C=O) groups is 2. The van der Waals surface area contributed by atoms with Crippen molar-refractivity contribution in [2.45, 2.75) is 0 Å². The molecular weight excluding hydrogens is 377 g/mol. The van der Waals surface area contributed by atoms with E-state index in [1.807, 2.05) is 30.3 Å². The highest BCUT2D eigenvalue weighted by atomic mass is 35.5. The summed E-state index contributed by atoms with van der Waals surface area (Å²) >= 11 is 11.8. The molecular formula is C17H13Cl2N5O2. The molecule has 0 spiro atoms. The van der Waals surface area contributed by atoms with Gasteiger partial charge in [0.15, 0.2) is 0 Å². The number of halogens is 2. The topological polar surface area (TPSA) is 98.9 Å². The standard InChI is InChI=1S/C17H13Cl2N5O2/c18-11-6-7-13(12(19)8-11)20-17(26)24-23-16(25)15-9-14(21-22-15)10-4-2-1-3-5-10/h1-9H,(H,21,22)(H,23,25)(H2,20,24,26). The van der Waals surface area contributed by atoms with E-state index < -0.39 is 11.9 Å². The van der Waals surface area contributed by atoms with Gasteiger partial charge in [-0.15, -0.1) is 0 Å². The minimum atomic E-state index is -0.662. The summed E-state index contributed by atoms with van der Waals surface area (Å²) in [6.07, 6.45) is 0. The van der Waals surface area contributed by atoms with Gasteiger partial charge in [0.1, 0.15) is 5.69 Å². The summed E-state index contributed by atoms with van der Waals surface area (Å²) in [6.45, 7) is 0. The highest BCUT2D eigenvalue weighted by Gasteiger charge is 2.12. The van der Waals surface area contributed by atoms with Crippen LogP contribution in [-0.4, -0.2) is 22.1 Å². The van der Waals surface area contributed by atoms with Crippen molar-refractivity contribution in [3.05, 3.63) is 70.3 Å². The van der Waals surface area contributed by atoms with E-state index in [0.29, 0.717) is 16.4 Å². The fourth-order valence-electron chi connectivity index (χ4n) is 2.12. The Hall–Kier alpha value is -3.03. The molecule has 0 aliphatic carbocycles. The molecule has 0 atom stereocenters. The summed E-state index contributed by atoms with van der Waals surface area (Å²) in [4.78, 5) is 23.9. The van der Waals surface area contributed by atoms with Crippen molar-refractivity contribution in [1.29, 1.82) is 0 Å². The second kappa shape index (κ2) is 7.90. The maximum atomic E-state index is 12.1. The summed E-state index contributed by atoms with van der Waals surface area (Å²) < 4.78 is 0. The summed E-state index contributed by atoms with van der Waals surface area (Å²) in [5.41, 5.74) is 6.55. The largest absolute Gasteiger partial charge is 0.337 e. The molecule has 0 fully saturated rings. The van der Waals surface area contributed by atoms with Crippen LogP contribution in [0.3, 0.4) is 0 Å². The van der Waals surface area contributed by atoms with E-state index in [1.54, 1.807) is 18.2 Å². The molecule has 0 saturated heterocycles. The second-order valence-corrected chi connectivity index (χ2v) is 6.03. The molecule has 3 amide bonds. The van der Waals surface area contributed by atoms with Crippen molar-refractivity contribution in [2.24, 2.45) is 0 Å².